The van der Waals surface area contributed by atoms with Gasteiger partial charge < -0.3 is 140 Å². The summed E-state index contributed by atoms with van der Waals surface area (Å²) in [6, 6.07) is -3.49. The highest BCUT2D eigenvalue weighted by molar-refractivity contribution is 7.44. The van der Waals surface area contributed by atoms with E-state index in [1.807, 2.05) is 0 Å². The molecule has 0 spiro atoms. The van der Waals surface area contributed by atoms with Crippen LogP contribution in [-0.2, 0) is 85.3 Å². The van der Waals surface area contributed by atoms with E-state index in [0.717, 1.165) is 0 Å². The molecule has 3 rings (SSSR count). The first-order valence-electron chi connectivity index (χ1n) is 30.2. The summed E-state index contributed by atoms with van der Waals surface area (Å²) in [5.74, 6) is -3.59. The Bertz CT molecular complexity index is 2140. The molecular formula is C53H97N9O29P-. The number of nitrogens with zero attached hydrogens (tertiary/aromatic N) is 2. The van der Waals surface area contributed by atoms with Crippen LogP contribution in [0.5, 0.6) is 0 Å². The number of unbranched alkanes of at least 4 members (excludes halogenated alkanes) is 3. The Morgan fingerprint density at radius 1 is 0.424 bits per heavy atom. The van der Waals surface area contributed by atoms with Crippen LogP contribution in [0.2, 0.25) is 0 Å². The number of nitrogens with one attached hydrogen (secondary N) is 7. The highest BCUT2D eigenvalue weighted by Crippen LogP contribution is 2.30. The van der Waals surface area contributed by atoms with Gasteiger partial charge in [0.25, 0.3) is 7.82 Å². The van der Waals surface area contributed by atoms with Crippen LogP contribution >= 0.6 is 7.82 Å². The zero-order valence-electron chi connectivity index (χ0n) is 52.0. The van der Waals surface area contributed by atoms with Crippen molar-refractivity contribution in [1.82, 2.24) is 47.0 Å². The van der Waals surface area contributed by atoms with Gasteiger partial charge in [0.2, 0.25) is 41.4 Å². The van der Waals surface area contributed by atoms with E-state index in [0.29, 0.717) is 25.7 Å². The average Bonchev–Trinajstić information content (AvgIpc) is 0.911. The van der Waals surface area contributed by atoms with E-state index in [1.54, 1.807) is 4.90 Å². The fourth-order valence-electron chi connectivity index (χ4n) is 9.57. The Kier molecular flexibility index (Phi) is 40.1. The molecule has 3 saturated heterocycles. The number of hydrogen-bond donors (Lipinski definition) is 17. The summed E-state index contributed by atoms with van der Waals surface area (Å²) in [6.07, 6.45) is -14.2. The first-order chi connectivity index (χ1) is 43.8. The van der Waals surface area contributed by atoms with Crippen LogP contribution in [0.1, 0.15) is 52.9 Å². The molecule has 534 valence electrons. The second-order valence-electron chi connectivity index (χ2n) is 21.6. The normalized spacial score (nSPS) is 27.2. The molecule has 17 N–H and O–H groups in total. The minimum Gasteiger partial charge on any atom is -0.756 e. The quantitative estimate of drug-likeness (QED) is 0.0199. The minimum atomic E-state index is -4.84. The van der Waals surface area contributed by atoms with Crippen LogP contribution in [-0.4, -0.2) is 345 Å². The van der Waals surface area contributed by atoms with Gasteiger partial charge in [-0.05, 0) is 19.3 Å². The Balaban J connectivity index is 1.61. The lowest BCUT2D eigenvalue weighted by atomic mass is 9.97. The lowest BCUT2D eigenvalue weighted by molar-refractivity contribution is -0.272. The molecule has 16 atom stereocenters. The van der Waals surface area contributed by atoms with Crippen LogP contribution < -0.4 is 42.1 Å². The molecule has 3 fully saturated rings. The molecule has 0 aromatic heterocycles. The van der Waals surface area contributed by atoms with Gasteiger partial charge in [-0.3, -0.25) is 47.9 Å². The summed E-state index contributed by atoms with van der Waals surface area (Å²) in [7, 11) is -4.84. The average molecular weight is 1360 g/mol. The molecule has 0 aromatic rings. The zero-order chi connectivity index (χ0) is 68.2. The SMILES string of the molecule is CC(=O)NC1C(OCCOCCNC(=O)CN(CCCN(CC(=O)NCCOCCOC2OC(CO)C(O)C(O)C2NC(C)=O)CC(=O)NCCOCCOC2OC(CO)C(O)C(O)C2NC(C)=O)CC(=O)NCCCCCCOP(=O)([O-])O)OC(CO)C(O)C1O. The number of hydrogen-bond acceptors (Lipinski definition) is 30. The number of carbonyl (C=O) groups is 7. The number of aliphatic hydroxyl groups excluding tert-OH is 9. The van der Waals surface area contributed by atoms with Gasteiger partial charge in [0.15, 0.2) is 18.9 Å². The lowest BCUT2D eigenvalue weighted by Gasteiger charge is -2.42. The van der Waals surface area contributed by atoms with Gasteiger partial charge >= 0.3 is 0 Å². The van der Waals surface area contributed by atoms with Gasteiger partial charge in [-0.25, -0.2) is 0 Å². The van der Waals surface area contributed by atoms with Gasteiger partial charge in [0.1, 0.15) is 73.1 Å². The van der Waals surface area contributed by atoms with Crippen molar-refractivity contribution >= 4 is 49.2 Å². The van der Waals surface area contributed by atoms with Crippen molar-refractivity contribution < 1.29 is 141 Å². The van der Waals surface area contributed by atoms with Crippen molar-refractivity contribution in [1.29, 1.82) is 0 Å². The Morgan fingerprint density at radius 3 is 1.02 bits per heavy atom. The molecule has 39 heteroatoms. The monoisotopic (exact) mass is 1350 g/mol. The molecular weight excluding hydrogens is 1260 g/mol. The molecule has 0 radical (unpaired) electrons. The topological polar surface area (TPSA) is 545 Å². The van der Waals surface area contributed by atoms with Crippen molar-refractivity contribution in [2.45, 2.75) is 145 Å². The molecule has 16 unspecified atom stereocenters. The Hall–Kier alpha value is -4.40. The van der Waals surface area contributed by atoms with Crippen LogP contribution in [0.3, 0.4) is 0 Å². The van der Waals surface area contributed by atoms with Crippen molar-refractivity contribution in [3.05, 3.63) is 0 Å². The number of amides is 7. The number of aliphatic hydroxyl groups is 9. The molecule has 38 nitrogen and oxygen atoms in total. The predicted octanol–water partition coefficient (Wildman–Crippen LogP) is -10.6. The highest BCUT2D eigenvalue weighted by atomic mass is 31.2. The largest absolute Gasteiger partial charge is 0.756 e. The molecule has 0 aliphatic carbocycles. The summed E-state index contributed by atoms with van der Waals surface area (Å²) in [4.78, 5) is 111. The van der Waals surface area contributed by atoms with Gasteiger partial charge in [-0.2, -0.15) is 0 Å². The molecule has 3 heterocycles. The summed E-state index contributed by atoms with van der Waals surface area (Å²) in [5, 5.41) is 109. The van der Waals surface area contributed by atoms with Gasteiger partial charge in [-0.1, -0.05) is 12.8 Å². The van der Waals surface area contributed by atoms with E-state index in [-0.39, 0.29) is 138 Å². The van der Waals surface area contributed by atoms with E-state index in [2.05, 4.69) is 41.7 Å². The first-order valence-corrected chi connectivity index (χ1v) is 31.7. The maximum absolute atomic E-state index is 13.4. The smallest absolute Gasteiger partial charge is 0.265 e. The second-order valence-corrected chi connectivity index (χ2v) is 22.8. The van der Waals surface area contributed by atoms with E-state index in [4.69, 9.17) is 47.5 Å². The molecule has 7 amide bonds. The summed E-state index contributed by atoms with van der Waals surface area (Å²) < 4.78 is 65.4. The zero-order valence-corrected chi connectivity index (χ0v) is 52.9. The third kappa shape index (κ3) is 32.4. The third-order valence-electron chi connectivity index (χ3n) is 14.1. The lowest BCUT2D eigenvalue weighted by Crippen LogP contribution is -2.64. The van der Waals surface area contributed by atoms with Crippen LogP contribution in [0.4, 0.5) is 0 Å². The maximum Gasteiger partial charge on any atom is 0.265 e. The number of ether oxygens (including phenoxy) is 9. The molecule has 0 aromatic carbocycles. The fraction of sp³-hybridized carbons (Fsp3) is 0.868. The number of rotatable bonds is 47. The van der Waals surface area contributed by atoms with Crippen LogP contribution in [0, 0.1) is 0 Å². The molecule has 0 bridgehead atoms. The number of carbonyl (C=O) groups excluding carboxylic acids is 7. The van der Waals surface area contributed by atoms with Crippen molar-refractivity contribution in [3.63, 3.8) is 0 Å². The Labute approximate surface area is 532 Å². The number of phosphoric acid groups is 1. The summed E-state index contributed by atoms with van der Waals surface area (Å²) in [6.45, 7) is 0.107. The second kappa shape index (κ2) is 45.1. The fourth-order valence-corrected chi connectivity index (χ4v) is 9.93. The molecule has 3 aliphatic rings. The van der Waals surface area contributed by atoms with E-state index in [9.17, 15) is 89.0 Å². The van der Waals surface area contributed by atoms with Gasteiger partial charge in [0.05, 0.1) is 112 Å². The minimum absolute atomic E-state index is 0.00486. The number of phosphoric ester groups is 1. The van der Waals surface area contributed by atoms with Crippen molar-refractivity contribution in [2.24, 2.45) is 0 Å². The molecule has 0 saturated carbocycles. The van der Waals surface area contributed by atoms with Crippen LogP contribution in [0.25, 0.3) is 0 Å². The molecule has 3 aliphatic heterocycles. The van der Waals surface area contributed by atoms with E-state index in [1.165, 1.54) is 25.7 Å². The van der Waals surface area contributed by atoms with Gasteiger partial charge in [-0.15, -0.1) is 0 Å². The summed E-state index contributed by atoms with van der Waals surface area (Å²) in [5.41, 5.74) is 0. The maximum atomic E-state index is 13.4. The third-order valence-corrected chi connectivity index (χ3v) is 14.6. The standard InChI is InChI=1S/C53H98N9O29P/c1-32(66)58-42-48(76)45(73)35(29-63)89-51(42)85-22-19-82-16-10-55-39(70)26-61(25-38(69)54-9-6-4-5-7-15-88-92(79,80)81)13-8-14-62(27-40(71)56-11-17-83-20-23-86-52-43(59-33(2)67)49(77)46(74)36(30-64)90-52)28-41(72)57-12-18-84-21-24-87-53-44(60-34(3)68)50(78)47(75)37(31-65)91-53/h35-37,42-53,63-65,73-78H,4-31H2,1-3H3,(H,54,69)(H,55,70)(H,56,71)(H,57,72)(H,58,66)(H,59,67)(H,60,68)(H2,79,80,81)/p-1. The van der Waals surface area contributed by atoms with E-state index >= 15 is 0 Å². The van der Waals surface area contributed by atoms with Crippen molar-refractivity contribution in [2.75, 3.05) is 151 Å². The summed E-state index contributed by atoms with van der Waals surface area (Å²) >= 11 is 0. The molecule has 92 heavy (non-hydrogen) atoms. The first kappa shape index (κ1) is 81.8. The van der Waals surface area contributed by atoms with E-state index < -0.39 is 161 Å². The Morgan fingerprint density at radius 2 is 0.728 bits per heavy atom. The van der Waals surface area contributed by atoms with Gasteiger partial charge in [0, 0.05) is 60.0 Å². The van der Waals surface area contributed by atoms with Crippen molar-refractivity contribution in [3.8, 4) is 0 Å². The van der Waals surface area contributed by atoms with Crippen LogP contribution in [0.15, 0.2) is 0 Å². The predicted molar refractivity (Wildman–Crippen MR) is 310 cm³/mol. The highest BCUT2D eigenvalue weighted by Gasteiger charge is 2.48.